The molecule has 2 aliphatic rings. The quantitative estimate of drug-likeness (QED) is 0.875. The van der Waals surface area contributed by atoms with Crippen LogP contribution in [0.1, 0.15) is 31.2 Å². The van der Waals surface area contributed by atoms with Gasteiger partial charge in [-0.2, -0.15) is 0 Å². The van der Waals surface area contributed by atoms with Gasteiger partial charge in [-0.1, -0.05) is 11.6 Å². The van der Waals surface area contributed by atoms with Gasteiger partial charge >= 0.3 is 0 Å². The van der Waals surface area contributed by atoms with Crippen molar-refractivity contribution in [3.05, 3.63) is 28.8 Å². The maximum Gasteiger partial charge on any atom is 0.261 e. The summed E-state index contributed by atoms with van der Waals surface area (Å²) in [5.41, 5.74) is 6.87. The van der Waals surface area contributed by atoms with Crippen LogP contribution in [-0.2, 0) is 11.2 Å². The van der Waals surface area contributed by atoms with E-state index < -0.39 is 6.10 Å². The molecule has 1 amide bonds. The number of rotatable bonds is 2. The molecule has 1 aliphatic heterocycles. The van der Waals surface area contributed by atoms with E-state index >= 15 is 0 Å². The van der Waals surface area contributed by atoms with Crippen LogP contribution in [0, 0.1) is 0 Å². The summed E-state index contributed by atoms with van der Waals surface area (Å²) in [5.74, 6) is 0.734. The van der Waals surface area contributed by atoms with Crippen molar-refractivity contribution in [2.45, 2.75) is 50.3 Å². The topological polar surface area (TPSA) is 64.3 Å². The molecule has 116 valence electrons. The molecular weight excluding hydrogens is 311 g/mol. The number of nitrogens with two attached hydrogens (primary N) is 1. The Balaban J connectivity index is 0.00000161. The molecule has 1 aromatic rings. The van der Waals surface area contributed by atoms with Crippen LogP contribution in [0.5, 0.6) is 5.75 Å². The average Bonchev–Trinajstić information content (AvgIpc) is 2.84. The molecule has 1 unspecified atom stereocenters. The molecule has 0 saturated heterocycles. The molecule has 1 atom stereocenters. The number of fused-ring (bicyclic) bond motifs is 1. The number of amides is 1. The van der Waals surface area contributed by atoms with E-state index in [1.807, 2.05) is 12.1 Å². The zero-order chi connectivity index (χ0) is 14.1. The second kappa shape index (κ2) is 6.86. The maximum atomic E-state index is 12.2. The molecule has 1 aliphatic carbocycles. The molecular formula is C15H20Cl2N2O2. The highest BCUT2D eigenvalue weighted by Gasteiger charge is 2.31. The number of hydrogen-bond acceptors (Lipinski definition) is 3. The lowest BCUT2D eigenvalue weighted by atomic mass is 9.91. The van der Waals surface area contributed by atoms with Crippen molar-refractivity contribution in [2.24, 2.45) is 5.73 Å². The molecule has 3 rings (SSSR count). The fourth-order valence-electron chi connectivity index (χ4n) is 2.92. The van der Waals surface area contributed by atoms with Crippen molar-refractivity contribution < 1.29 is 9.53 Å². The van der Waals surface area contributed by atoms with Crippen molar-refractivity contribution in [3.63, 3.8) is 0 Å². The Morgan fingerprint density at radius 1 is 1.29 bits per heavy atom. The van der Waals surface area contributed by atoms with Gasteiger partial charge in [-0.25, -0.2) is 0 Å². The van der Waals surface area contributed by atoms with Crippen molar-refractivity contribution in [1.29, 1.82) is 0 Å². The van der Waals surface area contributed by atoms with Gasteiger partial charge in [0.1, 0.15) is 5.75 Å². The fraction of sp³-hybridized carbons (Fsp3) is 0.533. The molecule has 1 fully saturated rings. The molecule has 4 nitrogen and oxygen atoms in total. The number of nitrogens with one attached hydrogen (secondary N) is 1. The van der Waals surface area contributed by atoms with Crippen LogP contribution in [0.15, 0.2) is 18.2 Å². The molecule has 1 saturated carbocycles. The van der Waals surface area contributed by atoms with Gasteiger partial charge in [0.05, 0.1) is 0 Å². The van der Waals surface area contributed by atoms with Crippen molar-refractivity contribution in [3.8, 4) is 5.75 Å². The summed E-state index contributed by atoms with van der Waals surface area (Å²) in [6.45, 7) is 0. The summed E-state index contributed by atoms with van der Waals surface area (Å²) in [7, 11) is 0. The van der Waals surface area contributed by atoms with Crippen LogP contribution >= 0.6 is 24.0 Å². The second-order valence-electron chi connectivity index (χ2n) is 5.68. The van der Waals surface area contributed by atoms with Crippen molar-refractivity contribution in [1.82, 2.24) is 5.32 Å². The summed E-state index contributed by atoms with van der Waals surface area (Å²) in [6, 6.07) is 5.99. The number of hydrogen-bond donors (Lipinski definition) is 2. The molecule has 3 N–H and O–H groups in total. The van der Waals surface area contributed by atoms with Gasteiger partial charge in [0.2, 0.25) is 0 Å². The van der Waals surface area contributed by atoms with Gasteiger partial charge in [-0.15, -0.1) is 12.4 Å². The zero-order valence-electron chi connectivity index (χ0n) is 11.7. The van der Waals surface area contributed by atoms with Crippen LogP contribution in [0.4, 0.5) is 0 Å². The van der Waals surface area contributed by atoms with Gasteiger partial charge in [0.25, 0.3) is 5.91 Å². The Kier molecular flexibility index (Phi) is 5.36. The summed E-state index contributed by atoms with van der Waals surface area (Å²) < 4.78 is 5.69. The number of benzene rings is 1. The highest BCUT2D eigenvalue weighted by Crippen LogP contribution is 2.31. The van der Waals surface area contributed by atoms with Crippen LogP contribution < -0.4 is 15.8 Å². The highest BCUT2D eigenvalue weighted by atomic mass is 35.5. The summed E-state index contributed by atoms with van der Waals surface area (Å²) in [5, 5.41) is 3.75. The minimum Gasteiger partial charge on any atom is -0.480 e. The lowest BCUT2D eigenvalue weighted by Gasteiger charge is -2.27. The van der Waals surface area contributed by atoms with E-state index in [4.69, 9.17) is 22.1 Å². The smallest absolute Gasteiger partial charge is 0.261 e. The van der Waals surface area contributed by atoms with Crippen molar-refractivity contribution in [2.75, 3.05) is 0 Å². The van der Waals surface area contributed by atoms with E-state index in [2.05, 4.69) is 5.32 Å². The van der Waals surface area contributed by atoms with Crippen molar-refractivity contribution >= 4 is 29.9 Å². The molecule has 6 heteroatoms. The lowest BCUT2D eigenvalue weighted by molar-refractivity contribution is -0.128. The maximum absolute atomic E-state index is 12.2. The number of ether oxygens (including phenoxy) is 1. The van der Waals surface area contributed by atoms with Crippen LogP contribution in [0.2, 0.25) is 5.02 Å². The first-order valence-corrected chi connectivity index (χ1v) is 7.50. The van der Waals surface area contributed by atoms with Crippen LogP contribution in [-0.4, -0.2) is 24.1 Å². The number of carbonyl (C=O) groups is 1. The number of carbonyl (C=O) groups excluding carboxylic acids is 1. The van der Waals surface area contributed by atoms with Gasteiger partial charge in [-0.3, -0.25) is 4.79 Å². The summed E-state index contributed by atoms with van der Waals surface area (Å²) in [4.78, 5) is 12.2. The SMILES string of the molecule is Cl.NC1CCC(NC(=O)C2Cc3cc(Cl)ccc3O2)CC1. The molecule has 0 radical (unpaired) electrons. The van der Waals surface area contributed by atoms with E-state index in [1.165, 1.54) is 0 Å². The normalized spacial score (nSPS) is 27.2. The monoisotopic (exact) mass is 330 g/mol. The van der Waals surface area contributed by atoms with Crippen LogP contribution in [0.25, 0.3) is 0 Å². The zero-order valence-corrected chi connectivity index (χ0v) is 13.3. The second-order valence-corrected chi connectivity index (χ2v) is 6.12. The minimum atomic E-state index is -0.431. The molecule has 0 bridgehead atoms. The van der Waals surface area contributed by atoms with Gasteiger partial charge in [0.15, 0.2) is 6.10 Å². The van der Waals surface area contributed by atoms with Gasteiger partial charge in [0, 0.05) is 23.5 Å². The molecule has 1 heterocycles. The molecule has 0 spiro atoms. The van der Waals surface area contributed by atoms with E-state index in [1.54, 1.807) is 6.07 Å². The summed E-state index contributed by atoms with van der Waals surface area (Å²) >= 11 is 5.95. The Labute approximate surface area is 135 Å². The first kappa shape index (κ1) is 16.4. The van der Waals surface area contributed by atoms with Gasteiger partial charge in [-0.05, 0) is 49.4 Å². The first-order chi connectivity index (χ1) is 9.61. The Morgan fingerprint density at radius 2 is 2.00 bits per heavy atom. The van der Waals surface area contributed by atoms with Crippen LogP contribution in [0.3, 0.4) is 0 Å². The standard InChI is InChI=1S/C15H19ClN2O2.ClH/c16-10-1-6-13-9(7-10)8-14(20-13)15(19)18-12-4-2-11(17)3-5-12;/h1,6-7,11-12,14H,2-5,8,17H2,(H,18,19);1H. The van der Waals surface area contributed by atoms with E-state index in [0.29, 0.717) is 11.4 Å². The van der Waals surface area contributed by atoms with E-state index in [9.17, 15) is 4.79 Å². The fourth-order valence-corrected chi connectivity index (χ4v) is 3.12. The predicted molar refractivity (Wildman–Crippen MR) is 85.2 cm³/mol. The Hall–Kier alpha value is -0.970. The number of halogens is 2. The van der Waals surface area contributed by atoms with E-state index in [-0.39, 0.29) is 30.4 Å². The molecule has 21 heavy (non-hydrogen) atoms. The summed E-state index contributed by atoms with van der Waals surface area (Å²) in [6.07, 6.45) is 4.03. The Morgan fingerprint density at radius 3 is 2.71 bits per heavy atom. The largest absolute Gasteiger partial charge is 0.480 e. The molecule has 0 aromatic heterocycles. The third-order valence-corrected chi connectivity index (χ3v) is 4.34. The third kappa shape index (κ3) is 3.82. The Bertz CT molecular complexity index is 516. The lowest BCUT2D eigenvalue weighted by Crippen LogP contribution is -2.45. The third-order valence-electron chi connectivity index (χ3n) is 4.11. The van der Waals surface area contributed by atoms with Gasteiger partial charge < -0.3 is 15.8 Å². The van der Waals surface area contributed by atoms with E-state index in [0.717, 1.165) is 37.0 Å². The highest BCUT2D eigenvalue weighted by molar-refractivity contribution is 6.30. The molecule has 1 aromatic carbocycles. The first-order valence-electron chi connectivity index (χ1n) is 7.13. The minimum absolute atomic E-state index is 0. The predicted octanol–water partition coefficient (Wildman–Crippen LogP) is 2.45. The average molecular weight is 331 g/mol.